The van der Waals surface area contributed by atoms with Gasteiger partial charge in [-0.05, 0) is 30.3 Å². The highest BCUT2D eigenvalue weighted by molar-refractivity contribution is 5.94. The minimum absolute atomic E-state index is 0.257. The molecule has 0 unspecified atom stereocenters. The number of furan rings is 1. The van der Waals surface area contributed by atoms with Gasteiger partial charge in [-0.3, -0.25) is 4.79 Å². The number of rotatable bonds is 3. The molecule has 1 amide bonds. The normalized spacial score (nSPS) is 10.1. The van der Waals surface area contributed by atoms with Gasteiger partial charge in [0.2, 0.25) is 0 Å². The zero-order valence-electron chi connectivity index (χ0n) is 8.88. The lowest BCUT2D eigenvalue weighted by Gasteiger charge is -2.04. The number of carbonyl (C=O) groups excluding carboxylic acids is 1. The van der Waals surface area contributed by atoms with Crippen LogP contribution in [0.2, 0.25) is 0 Å². The molecule has 17 heavy (non-hydrogen) atoms. The number of nitrogens with one attached hydrogen (secondary N) is 1. The van der Waals surface area contributed by atoms with Gasteiger partial charge in [-0.1, -0.05) is 0 Å². The van der Waals surface area contributed by atoms with Crippen molar-refractivity contribution in [2.75, 3.05) is 0 Å². The molecule has 0 saturated carbocycles. The fourth-order valence-corrected chi connectivity index (χ4v) is 1.35. The highest BCUT2D eigenvalue weighted by Crippen LogP contribution is 2.24. The summed E-state index contributed by atoms with van der Waals surface area (Å²) in [6.07, 6.45) is 1.52. The highest BCUT2D eigenvalue weighted by Gasteiger charge is 2.08. The third-order valence-corrected chi connectivity index (χ3v) is 2.24. The molecule has 1 aromatic heterocycles. The van der Waals surface area contributed by atoms with Crippen LogP contribution in [-0.4, -0.2) is 16.1 Å². The van der Waals surface area contributed by atoms with E-state index >= 15 is 0 Å². The van der Waals surface area contributed by atoms with Gasteiger partial charge < -0.3 is 19.9 Å². The van der Waals surface area contributed by atoms with Crippen LogP contribution in [0.1, 0.15) is 16.1 Å². The Morgan fingerprint density at radius 2 is 2.06 bits per heavy atom. The van der Waals surface area contributed by atoms with Crippen molar-refractivity contribution in [1.29, 1.82) is 0 Å². The van der Waals surface area contributed by atoms with E-state index in [9.17, 15) is 9.90 Å². The van der Waals surface area contributed by atoms with E-state index in [0.717, 1.165) is 0 Å². The van der Waals surface area contributed by atoms with E-state index in [4.69, 9.17) is 9.52 Å². The van der Waals surface area contributed by atoms with Crippen LogP contribution in [0, 0.1) is 0 Å². The summed E-state index contributed by atoms with van der Waals surface area (Å²) in [5.74, 6) is -0.290. The largest absolute Gasteiger partial charge is 0.504 e. The number of hydrogen-bond donors (Lipinski definition) is 3. The number of benzene rings is 1. The number of carbonyl (C=O) groups is 1. The number of hydrogen-bond acceptors (Lipinski definition) is 4. The van der Waals surface area contributed by atoms with Gasteiger partial charge in [-0.15, -0.1) is 0 Å². The number of amides is 1. The average Bonchev–Trinajstić information content (AvgIpc) is 2.82. The standard InChI is InChI=1S/C12H11NO4/c14-10-4-3-8(6-11(10)15)12(16)13-7-9-2-1-5-17-9/h1-6,14-15H,7H2,(H,13,16). The molecule has 0 aliphatic rings. The van der Waals surface area contributed by atoms with Gasteiger partial charge in [-0.2, -0.15) is 0 Å². The Kier molecular flexibility index (Phi) is 3.00. The van der Waals surface area contributed by atoms with E-state index in [1.807, 2.05) is 0 Å². The highest BCUT2D eigenvalue weighted by atomic mass is 16.3. The first-order chi connectivity index (χ1) is 8.16. The molecule has 88 valence electrons. The maximum Gasteiger partial charge on any atom is 0.251 e. The van der Waals surface area contributed by atoms with Crippen LogP contribution >= 0.6 is 0 Å². The van der Waals surface area contributed by atoms with Crippen molar-refractivity contribution in [2.24, 2.45) is 0 Å². The first-order valence-electron chi connectivity index (χ1n) is 4.99. The quantitative estimate of drug-likeness (QED) is 0.703. The van der Waals surface area contributed by atoms with Crippen LogP contribution in [0.25, 0.3) is 0 Å². The zero-order valence-corrected chi connectivity index (χ0v) is 8.88. The number of phenolic OH excluding ortho intramolecular Hbond substituents is 2. The molecule has 2 rings (SSSR count). The molecule has 0 bridgehead atoms. The molecule has 0 saturated heterocycles. The smallest absolute Gasteiger partial charge is 0.251 e. The maximum absolute atomic E-state index is 11.7. The minimum atomic E-state index is -0.350. The fraction of sp³-hybridized carbons (Fsp3) is 0.0833. The molecule has 0 atom stereocenters. The molecule has 5 nitrogen and oxygen atoms in total. The Bertz CT molecular complexity index is 519. The van der Waals surface area contributed by atoms with E-state index in [2.05, 4.69) is 5.32 Å². The fourth-order valence-electron chi connectivity index (χ4n) is 1.35. The molecule has 0 aliphatic carbocycles. The molecule has 3 N–H and O–H groups in total. The number of aromatic hydroxyl groups is 2. The molecular weight excluding hydrogens is 222 g/mol. The molecule has 1 heterocycles. The second-order valence-electron chi connectivity index (χ2n) is 3.47. The lowest BCUT2D eigenvalue weighted by atomic mass is 10.2. The van der Waals surface area contributed by atoms with Gasteiger partial charge in [-0.25, -0.2) is 0 Å². The Labute approximate surface area is 97.3 Å². The minimum Gasteiger partial charge on any atom is -0.504 e. The van der Waals surface area contributed by atoms with Crippen molar-refractivity contribution < 1.29 is 19.4 Å². The monoisotopic (exact) mass is 233 g/mol. The third-order valence-electron chi connectivity index (χ3n) is 2.24. The Morgan fingerprint density at radius 1 is 1.24 bits per heavy atom. The van der Waals surface area contributed by atoms with Crippen LogP contribution in [-0.2, 0) is 6.54 Å². The third kappa shape index (κ3) is 2.57. The molecule has 0 aliphatic heterocycles. The Morgan fingerprint density at radius 3 is 2.71 bits per heavy atom. The van der Waals surface area contributed by atoms with Crippen molar-refractivity contribution in [1.82, 2.24) is 5.32 Å². The SMILES string of the molecule is O=C(NCc1ccco1)c1ccc(O)c(O)c1. The van der Waals surface area contributed by atoms with E-state index in [-0.39, 0.29) is 29.5 Å². The van der Waals surface area contributed by atoms with Crippen molar-refractivity contribution >= 4 is 5.91 Å². The second kappa shape index (κ2) is 4.61. The summed E-state index contributed by atoms with van der Waals surface area (Å²) in [5.41, 5.74) is 0.270. The van der Waals surface area contributed by atoms with Crippen molar-refractivity contribution in [3.63, 3.8) is 0 Å². The maximum atomic E-state index is 11.7. The van der Waals surface area contributed by atoms with Crippen LogP contribution in [0.5, 0.6) is 11.5 Å². The van der Waals surface area contributed by atoms with Crippen molar-refractivity contribution in [3.8, 4) is 11.5 Å². The molecule has 5 heteroatoms. The van der Waals surface area contributed by atoms with Crippen LogP contribution in [0.4, 0.5) is 0 Å². The van der Waals surface area contributed by atoms with E-state index < -0.39 is 0 Å². The number of phenols is 2. The molecule has 0 spiro atoms. The summed E-state index contributed by atoms with van der Waals surface area (Å²) in [4.78, 5) is 11.7. The summed E-state index contributed by atoms with van der Waals surface area (Å²) in [5, 5.41) is 21.0. The second-order valence-corrected chi connectivity index (χ2v) is 3.47. The van der Waals surface area contributed by atoms with Gasteiger partial charge in [0, 0.05) is 5.56 Å². The summed E-state index contributed by atoms with van der Waals surface area (Å²) >= 11 is 0. The first kappa shape index (κ1) is 11.1. The van der Waals surface area contributed by atoms with E-state index in [0.29, 0.717) is 5.76 Å². The molecule has 0 fully saturated rings. The van der Waals surface area contributed by atoms with E-state index in [1.165, 1.54) is 24.5 Å². The predicted octanol–water partition coefficient (Wildman–Crippen LogP) is 1.62. The van der Waals surface area contributed by atoms with Crippen LogP contribution in [0.3, 0.4) is 0 Å². The zero-order chi connectivity index (χ0) is 12.3. The van der Waals surface area contributed by atoms with E-state index in [1.54, 1.807) is 12.1 Å². The predicted molar refractivity (Wildman–Crippen MR) is 59.6 cm³/mol. The summed E-state index contributed by atoms with van der Waals surface area (Å²) in [6, 6.07) is 7.36. The van der Waals surface area contributed by atoms with Crippen LogP contribution < -0.4 is 5.32 Å². The Balaban J connectivity index is 2.02. The molecule has 2 aromatic rings. The van der Waals surface area contributed by atoms with Crippen molar-refractivity contribution in [3.05, 3.63) is 47.9 Å². The summed E-state index contributed by atoms with van der Waals surface area (Å²) < 4.78 is 5.06. The van der Waals surface area contributed by atoms with Crippen molar-refractivity contribution in [2.45, 2.75) is 6.54 Å². The average molecular weight is 233 g/mol. The molecular formula is C12H11NO4. The summed E-state index contributed by atoms with van der Waals surface area (Å²) in [7, 11) is 0. The van der Waals surface area contributed by atoms with Gasteiger partial charge in [0.15, 0.2) is 11.5 Å². The topological polar surface area (TPSA) is 82.7 Å². The summed E-state index contributed by atoms with van der Waals surface area (Å²) in [6.45, 7) is 0.271. The molecule has 1 aromatic carbocycles. The lowest BCUT2D eigenvalue weighted by Crippen LogP contribution is -2.22. The van der Waals surface area contributed by atoms with Gasteiger partial charge in [0.25, 0.3) is 5.91 Å². The Hall–Kier alpha value is -2.43. The molecule has 0 radical (unpaired) electrons. The van der Waals surface area contributed by atoms with Crippen LogP contribution in [0.15, 0.2) is 41.0 Å². The lowest BCUT2D eigenvalue weighted by molar-refractivity contribution is 0.0947. The van der Waals surface area contributed by atoms with Gasteiger partial charge in [0.05, 0.1) is 12.8 Å². The van der Waals surface area contributed by atoms with Gasteiger partial charge >= 0.3 is 0 Å². The first-order valence-corrected chi connectivity index (χ1v) is 4.99. The van der Waals surface area contributed by atoms with Gasteiger partial charge in [0.1, 0.15) is 5.76 Å².